The van der Waals surface area contributed by atoms with E-state index >= 15 is 0 Å². The summed E-state index contributed by atoms with van der Waals surface area (Å²) >= 11 is 1.60. The van der Waals surface area contributed by atoms with Crippen molar-refractivity contribution in [2.45, 2.75) is 38.6 Å². The van der Waals surface area contributed by atoms with Crippen molar-refractivity contribution in [1.29, 1.82) is 0 Å². The smallest absolute Gasteiger partial charge is 0.222 e. The third-order valence-corrected chi connectivity index (χ3v) is 5.53. The Kier molecular flexibility index (Phi) is 4.29. The molecule has 0 saturated heterocycles. The second-order valence-electron chi connectivity index (χ2n) is 6.43. The summed E-state index contributed by atoms with van der Waals surface area (Å²) in [4.78, 5) is 19.7. The van der Waals surface area contributed by atoms with Gasteiger partial charge in [0.2, 0.25) is 5.91 Å². The van der Waals surface area contributed by atoms with E-state index in [1.165, 1.54) is 12.1 Å². The Balaban J connectivity index is 1.54. The summed E-state index contributed by atoms with van der Waals surface area (Å²) < 4.78 is 15.2. The molecule has 0 radical (unpaired) electrons. The fourth-order valence-electron chi connectivity index (χ4n) is 3.10. The van der Waals surface area contributed by atoms with E-state index in [0.29, 0.717) is 12.5 Å². The van der Waals surface area contributed by atoms with Gasteiger partial charge in [-0.3, -0.25) is 9.20 Å². The molecule has 2 aromatic heterocycles. The number of hydrogen-bond acceptors (Lipinski definition) is 3. The van der Waals surface area contributed by atoms with Crippen molar-refractivity contribution in [3.63, 3.8) is 0 Å². The first-order chi connectivity index (χ1) is 12.2. The molecule has 25 heavy (non-hydrogen) atoms. The zero-order valence-electron chi connectivity index (χ0n) is 14.1. The molecule has 0 unspecified atom stereocenters. The standard InChI is InChI=1S/C19H20FN3OS/c1-2-18(24)22(15-7-8-15)10-9-16-12-25-19-21-17(11-23(16)19)13-3-5-14(20)6-4-13/h3-6,11-12,15H,2,7-10H2,1H3. The van der Waals surface area contributed by atoms with Gasteiger partial charge in [-0.05, 0) is 37.1 Å². The van der Waals surface area contributed by atoms with Crippen LogP contribution in [0.5, 0.6) is 0 Å². The number of hydrogen-bond donors (Lipinski definition) is 0. The quantitative estimate of drug-likeness (QED) is 0.665. The molecule has 0 bridgehead atoms. The molecular formula is C19H20FN3OS. The second-order valence-corrected chi connectivity index (χ2v) is 7.27. The van der Waals surface area contributed by atoms with Gasteiger partial charge in [0.25, 0.3) is 0 Å². The van der Waals surface area contributed by atoms with Crippen LogP contribution in [0.4, 0.5) is 4.39 Å². The lowest BCUT2D eigenvalue weighted by Crippen LogP contribution is -2.34. The van der Waals surface area contributed by atoms with Crippen LogP contribution in [0.25, 0.3) is 16.2 Å². The predicted molar refractivity (Wildman–Crippen MR) is 97.2 cm³/mol. The van der Waals surface area contributed by atoms with Gasteiger partial charge in [-0.2, -0.15) is 0 Å². The maximum atomic E-state index is 13.1. The number of aromatic nitrogens is 2. The monoisotopic (exact) mass is 357 g/mol. The molecule has 1 amide bonds. The van der Waals surface area contributed by atoms with Crippen molar-refractivity contribution >= 4 is 22.2 Å². The van der Waals surface area contributed by atoms with Gasteiger partial charge in [-0.25, -0.2) is 9.37 Å². The van der Waals surface area contributed by atoms with E-state index in [1.54, 1.807) is 23.5 Å². The van der Waals surface area contributed by atoms with Gasteiger partial charge < -0.3 is 4.90 Å². The molecule has 1 aliphatic rings. The highest BCUT2D eigenvalue weighted by molar-refractivity contribution is 7.15. The molecular weight excluding hydrogens is 337 g/mol. The Morgan fingerprint density at radius 2 is 2.12 bits per heavy atom. The SMILES string of the molecule is CCC(=O)N(CCc1csc2nc(-c3ccc(F)cc3)cn12)C1CC1. The van der Waals surface area contributed by atoms with Crippen LogP contribution >= 0.6 is 11.3 Å². The average Bonchev–Trinajstić information content (AvgIpc) is 3.25. The molecule has 0 N–H and O–H groups in total. The molecule has 0 spiro atoms. The number of benzene rings is 1. The molecule has 0 atom stereocenters. The zero-order chi connectivity index (χ0) is 17.4. The van der Waals surface area contributed by atoms with Crippen LogP contribution in [0, 0.1) is 5.82 Å². The van der Waals surface area contributed by atoms with Gasteiger partial charge in [-0.1, -0.05) is 6.92 Å². The van der Waals surface area contributed by atoms with Crippen LogP contribution < -0.4 is 0 Å². The highest BCUT2D eigenvalue weighted by Crippen LogP contribution is 2.28. The third kappa shape index (κ3) is 3.31. The van der Waals surface area contributed by atoms with E-state index in [0.717, 1.165) is 47.7 Å². The van der Waals surface area contributed by atoms with Crippen molar-refractivity contribution in [3.05, 3.63) is 47.4 Å². The molecule has 130 valence electrons. The number of rotatable bonds is 6. The number of amides is 1. The Labute approximate surface area is 149 Å². The van der Waals surface area contributed by atoms with Crippen molar-refractivity contribution < 1.29 is 9.18 Å². The Morgan fingerprint density at radius 1 is 1.36 bits per heavy atom. The molecule has 4 nitrogen and oxygen atoms in total. The summed E-state index contributed by atoms with van der Waals surface area (Å²) in [5.41, 5.74) is 2.91. The number of carbonyl (C=O) groups is 1. The molecule has 1 aliphatic carbocycles. The van der Waals surface area contributed by atoms with Crippen LogP contribution in [-0.4, -0.2) is 32.8 Å². The number of imidazole rings is 1. The summed E-state index contributed by atoms with van der Waals surface area (Å²) in [6.45, 7) is 2.68. The van der Waals surface area contributed by atoms with E-state index in [1.807, 2.05) is 18.0 Å². The molecule has 1 fully saturated rings. The van der Waals surface area contributed by atoms with Crippen LogP contribution in [0.1, 0.15) is 31.9 Å². The number of carbonyl (C=O) groups excluding carboxylic acids is 1. The molecule has 3 aromatic rings. The highest BCUT2D eigenvalue weighted by atomic mass is 32.1. The lowest BCUT2D eigenvalue weighted by atomic mass is 10.2. The van der Waals surface area contributed by atoms with E-state index in [4.69, 9.17) is 0 Å². The maximum absolute atomic E-state index is 13.1. The molecule has 6 heteroatoms. The Morgan fingerprint density at radius 3 is 2.80 bits per heavy atom. The zero-order valence-corrected chi connectivity index (χ0v) is 14.9. The van der Waals surface area contributed by atoms with E-state index < -0.39 is 0 Å². The first-order valence-electron chi connectivity index (χ1n) is 8.66. The summed E-state index contributed by atoms with van der Waals surface area (Å²) in [7, 11) is 0. The van der Waals surface area contributed by atoms with Gasteiger partial charge in [0, 0.05) is 48.3 Å². The minimum atomic E-state index is -0.244. The van der Waals surface area contributed by atoms with Crippen LogP contribution in [0.2, 0.25) is 0 Å². The fourth-order valence-corrected chi connectivity index (χ4v) is 4.01. The number of halogens is 1. The molecule has 0 aliphatic heterocycles. The van der Waals surface area contributed by atoms with Crippen LogP contribution in [-0.2, 0) is 11.2 Å². The first kappa shape index (κ1) is 16.3. The predicted octanol–water partition coefficient (Wildman–Crippen LogP) is 4.15. The number of fused-ring (bicyclic) bond motifs is 1. The van der Waals surface area contributed by atoms with Crippen LogP contribution in [0.15, 0.2) is 35.8 Å². The summed E-state index contributed by atoms with van der Waals surface area (Å²) in [6, 6.07) is 6.84. The molecule has 1 saturated carbocycles. The highest BCUT2D eigenvalue weighted by Gasteiger charge is 2.31. The summed E-state index contributed by atoms with van der Waals surface area (Å²) in [5, 5.41) is 2.11. The summed E-state index contributed by atoms with van der Waals surface area (Å²) in [6.07, 6.45) is 5.64. The van der Waals surface area contributed by atoms with Crippen molar-refractivity contribution in [2.75, 3.05) is 6.54 Å². The third-order valence-electron chi connectivity index (χ3n) is 4.64. The van der Waals surface area contributed by atoms with Gasteiger partial charge >= 0.3 is 0 Å². The van der Waals surface area contributed by atoms with E-state index in [-0.39, 0.29) is 11.7 Å². The molecule has 4 rings (SSSR count). The Bertz CT molecular complexity index is 895. The minimum Gasteiger partial charge on any atom is -0.339 e. The van der Waals surface area contributed by atoms with Gasteiger partial charge in [0.05, 0.1) is 5.69 Å². The second kappa shape index (κ2) is 6.59. The minimum absolute atomic E-state index is 0.242. The van der Waals surface area contributed by atoms with E-state index in [9.17, 15) is 9.18 Å². The number of thiazole rings is 1. The fraction of sp³-hybridized carbons (Fsp3) is 0.368. The Hall–Kier alpha value is -2.21. The van der Waals surface area contributed by atoms with Gasteiger partial charge in [0.1, 0.15) is 5.82 Å². The largest absolute Gasteiger partial charge is 0.339 e. The number of nitrogens with zero attached hydrogens (tertiary/aromatic N) is 3. The normalized spacial score (nSPS) is 14.2. The van der Waals surface area contributed by atoms with Crippen LogP contribution in [0.3, 0.4) is 0 Å². The van der Waals surface area contributed by atoms with Gasteiger partial charge in [-0.15, -0.1) is 11.3 Å². The molecule has 1 aromatic carbocycles. The molecule has 2 heterocycles. The average molecular weight is 357 g/mol. The lowest BCUT2D eigenvalue weighted by molar-refractivity contribution is -0.131. The lowest BCUT2D eigenvalue weighted by Gasteiger charge is -2.21. The summed E-state index contributed by atoms with van der Waals surface area (Å²) in [5.74, 6) is -0.00201. The maximum Gasteiger partial charge on any atom is 0.222 e. The topological polar surface area (TPSA) is 37.6 Å². The van der Waals surface area contributed by atoms with Crippen molar-refractivity contribution in [3.8, 4) is 11.3 Å². The first-order valence-corrected chi connectivity index (χ1v) is 9.54. The van der Waals surface area contributed by atoms with Crippen molar-refractivity contribution in [2.24, 2.45) is 0 Å². The van der Waals surface area contributed by atoms with Gasteiger partial charge in [0.15, 0.2) is 4.96 Å². The van der Waals surface area contributed by atoms with E-state index in [2.05, 4.69) is 14.8 Å². The van der Waals surface area contributed by atoms with Crippen molar-refractivity contribution in [1.82, 2.24) is 14.3 Å².